The SMILES string of the molecule is CC(C)(C)OC(=O)NCC1CCC(C(=O)N(C(=O)[C@@H](N)Cc2ccc(N3CN=CC=C3Cl)cc2)c2ccc(-c3nn[nH]n3)cc2)CC1. The highest BCUT2D eigenvalue weighted by Gasteiger charge is 2.35. The predicted molar refractivity (Wildman–Crippen MR) is 180 cm³/mol. The molecule has 1 fully saturated rings. The molecule has 1 aromatic heterocycles. The van der Waals surface area contributed by atoms with Crippen LogP contribution in [0.15, 0.2) is 64.8 Å². The lowest BCUT2D eigenvalue weighted by molar-refractivity contribution is -0.130. The molecule has 0 bridgehead atoms. The summed E-state index contributed by atoms with van der Waals surface area (Å²) in [5.41, 5.74) is 8.73. The Morgan fingerprint density at radius 2 is 1.79 bits per heavy atom. The van der Waals surface area contributed by atoms with Gasteiger partial charge in [-0.3, -0.25) is 14.6 Å². The molecule has 1 aliphatic carbocycles. The number of nitrogens with two attached hydrogens (primary N) is 1. The normalized spacial score (nSPS) is 18.7. The molecule has 14 heteroatoms. The lowest BCUT2D eigenvalue weighted by Gasteiger charge is -2.32. The molecule has 47 heavy (non-hydrogen) atoms. The van der Waals surface area contributed by atoms with Crippen molar-refractivity contribution in [3.63, 3.8) is 0 Å². The van der Waals surface area contributed by atoms with E-state index < -0.39 is 23.6 Å². The molecule has 3 amide bonds. The van der Waals surface area contributed by atoms with E-state index in [0.717, 1.165) is 24.1 Å². The van der Waals surface area contributed by atoms with E-state index in [1.807, 2.05) is 49.9 Å². The number of benzene rings is 2. The molecule has 1 saturated carbocycles. The lowest BCUT2D eigenvalue weighted by atomic mass is 9.81. The van der Waals surface area contributed by atoms with Gasteiger partial charge in [-0.15, -0.1) is 10.2 Å². The van der Waals surface area contributed by atoms with E-state index in [2.05, 4.69) is 30.9 Å². The van der Waals surface area contributed by atoms with Crippen molar-refractivity contribution >= 4 is 47.1 Å². The van der Waals surface area contributed by atoms with Crippen molar-refractivity contribution in [3.05, 3.63) is 65.3 Å². The smallest absolute Gasteiger partial charge is 0.407 e. The first-order chi connectivity index (χ1) is 22.5. The second-order valence-corrected chi connectivity index (χ2v) is 13.1. The van der Waals surface area contributed by atoms with Crippen LogP contribution in [0.25, 0.3) is 11.4 Å². The van der Waals surface area contributed by atoms with E-state index in [1.165, 1.54) is 4.90 Å². The molecular formula is C33H40ClN9O4. The number of halogens is 1. The fourth-order valence-corrected chi connectivity index (χ4v) is 5.88. The Morgan fingerprint density at radius 3 is 2.40 bits per heavy atom. The Kier molecular flexibility index (Phi) is 10.7. The van der Waals surface area contributed by atoms with Gasteiger partial charge in [-0.25, -0.2) is 9.69 Å². The predicted octanol–water partition coefficient (Wildman–Crippen LogP) is 4.56. The van der Waals surface area contributed by atoms with Gasteiger partial charge in [0.25, 0.3) is 5.91 Å². The molecule has 5 rings (SSSR count). The number of imide groups is 1. The van der Waals surface area contributed by atoms with Crippen LogP contribution in [0.4, 0.5) is 16.2 Å². The number of hydrogen-bond acceptors (Lipinski definition) is 10. The van der Waals surface area contributed by atoms with E-state index in [-0.39, 0.29) is 24.2 Å². The number of nitrogens with one attached hydrogen (secondary N) is 2. The highest BCUT2D eigenvalue weighted by atomic mass is 35.5. The largest absolute Gasteiger partial charge is 0.444 e. The minimum Gasteiger partial charge on any atom is -0.444 e. The number of tetrazole rings is 1. The number of amides is 3. The maximum absolute atomic E-state index is 14.1. The van der Waals surface area contributed by atoms with Gasteiger partial charge >= 0.3 is 6.09 Å². The number of aromatic amines is 1. The minimum absolute atomic E-state index is 0.206. The van der Waals surface area contributed by atoms with Gasteiger partial charge in [0.2, 0.25) is 11.7 Å². The summed E-state index contributed by atoms with van der Waals surface area (Å²) in [5, 5.41) is 17.4. The second-order valence-electron chi connectivity index (χ2n) is 12.8. The number of aliphatic imine (C=N–C) groups is 1. The van der Waals surface area contributed by atoms with Crippen molar-refractivity contribution in [2.45, 2.75) is 64.5 Å². The Bertz CT molecular complexity index is 1590. The number of nitrogens with zero attached hydrogens (tertiary/aromatic N) is 6. The van der Waals surface area contributed by atoms with E-state index in [9.17, 15) is 14.4 Å². The molecule has 1 atom stereocenters. The summed E-state index contributed by atoms with van der Waals surface area (Å²) in [6.07, 6.45) is 5.78. The standard InChI is InChI=1S/C33H40ClN9O4/c1-33(2,3)47-32(46)37-19-22-4-8-24(9-5-22)30(44)43(26-14-10-23(11-15-26)29-38-40-41-39-29)31(45)27(35)18-21-6-12-25(13-7-21)42-20-36-17-16-28(42)34/h6-7,10-17,22,24,27H,4-5,8-9,18-20,35H2,1-3H3,(H,37,46)(H,38,39,40,41)/t22?,24?,27-/m0/s1. The fourth-order valence-electron chi connectivity index (χ4n) is 5.67. The Morgan fingerprint density at radius 1 is 1.09 bits per heavy atom. The van der Waals surface area contributed by atoms with Gasteiger partial charge in [-0.2, -0.15) is 5.21 Å². The van der Waals surface area contributed by atoms with Gasteiger partial charge in [0, 0.05) is 29.9 Å². The van der Waals surface area contributed by atoms with Crippen molar-refractivity contribution in [1.82, 2.24) is 25.9 Å². The number of alkyl carbamates (subject to hydrolysis) is 1. The van der Waals surface area contributed by atoms with E-state index >= 15 is 0 Å². The van der Waals surface area contributed by atoms with Crippen molar-refractivity contribution in [1.29, 1.82) is 0 Å². The van der Waals surface area contributed by atoms with Crippen molar-refractivity contribution in [2.24, 2.45) is 22.6 Å². The number of anilines is 2. The Labute approximate surface area is 278 Å². The topological polar surface area (TPSA) is 172 Å². The van der Waals surface area contributed by atoms with E-state index in [4.69, 9.17) is 22.1 Å². The van der Waals surface area contributed by atoms with Crippen molar-refractivity contribution in [2.75, 3.05) is 23.0 Å². The van der Waals surface area contributed by atoms with Crippen LogP contribution in [-0.4, -0.2) is 69.6 Å². The summed E-state index contributed by atoms with van der Waals surface area (Å²) in [5.74, 6) is -0.551. The maximum atomic E-state index is 14.1. The minimum atomic E-state index is -0.973. The van der Waals surface area contributed by atoms with Crippen LogP contribution in [0.1, 0.15) is 52.0 Å². The Balaban J connectivity index is 1.27. The van der Waals surface area contributed by atoms with Gasteiger partial charge in [-0.1, -0.05) is 23.7 Å². The number of rotatable bonds is 9. The number of carbonyl (C=O) groups is 3. The molecule has 13 nitrogen and oxygen atoms in total. The van der Waals surface area contributed by atoms with Gasteiger partial charge in [0.15, 0.2) is 0 Å². The first-order valence-corrected chi connectivity index (χ1v) is 16.0. The summed E-state index contributed by atoms with van der Waals surface area (Å²) in [4.78, 5) is 47.5. The molecule has 0 saturated heterocycles. The monoisotopic (exact) mass is 661 g/mol. The first-order valence-electron chi connectivity index (χ1n) is 15.6. The maximum Gasteiger partial charge on any atom is 0.407 e. The summed E-state index contributed by atoms with van der Waals surface area (Å²) >= 11 is 6.33. The highest BCUT2D eigenvalue weighted by molar-refractivity contribution is 6.32. The third kappa shape index (κ3) is 8.80. The molecule has 0 spiro atoms. The van der Waals surface area contributed by atoms with E-state index in [0.29, 0.717) is 48.3 Å². The molecule has 0 unspecified atom stereocenters. The van der Waals surface area contributed by atoms with Crippen LogP contribution in [0, 0.1) is 11.8 Å². The summed E-state index contributed by atoms with van der Waals surface area (Å²) < 4.78 is 5.34. The third-order valence-electron chi connectivity index (χ3n) is 8.12. The number of ether oxygens (including phenoxy) is 1. The zero-order valence-electron chi connectivity index (χ0n) is 26.7. The van der Waals surface area contributed by atoms with Gasteiger partial charge in [0.05, 0.1) is 11.7 Å². The number of aromatic nitrogens is 4. The number of carbonyl (C=O) groups excluding carboxylic acids is 3. The average molecular weight is 662 g/mol. The number of hydrogen-bond donors (Lipinski definition) is 3. The second kappa shape index (κ2) is 14.9. The van der Waals surface area contributed by atoms with Crippen LogP contribution in [0.3, 0.4) is 0 Å². The molecule has 2 heterocycles. The highest BCUT2D eigenvalue weighted by Crippen LogP contribution is 2.32. The van der Waals surface area contributed by atoms with Crippen molar-refractivity contribution < 1.29 is 19.1 Å². The van der Waals surface area contributed by atoms with Crippen molar-refractivity contribution in [3.8, 4) is 11.4 Å². The van der Waals surface area contributed by atoms with Crippen LogP contribution >= 0.6 is 11.6 Å². The molecule has 3 aromatic rings. The molecule has 1 aliphatic heterocycles. The van der Waals surface area contributed by atoms with Gasteiger partial charge < -0.3 is 20.7 Å². The number of allylic oxidation sites excluding steroid dienone is 1. The molecule has 2 aliphatic rings. The fraction of sp³-hybridized carbons (Fsp3) is 0.424. The third-order valence-corrected chi connectivity index (χ3v) is 8.45. The molecule has 4 N–H and O–H groups in total. The molecule has 248 valence electrons. The van der Waals surface area contributed by atoms with Crippen LogP contribution in [0.5, 0.6) is 0 Å². The van der Waals surface area contributed by atoms with Crippen LogP contribution in [-0.2, 0) is 20.7 Å². The van der Waals surface area contributed by atoms with Gasteiger partial charge in [0.1, 0.15) is 17.4 Å². The lowest BCUT2D eigenvalue weighted by Crippen LogP contribution is -2.50. The molecule has 0 radical (unpaired) electrons. The number of H-pyrrole nitrogens is 1. The summed E-state index contributed by atoms with van der Waals surface area (Å²) in [7, 11) is 0. The zero-order valence-corrected chi connectivity index (χ0v) is 27.5. The zero-order chi connectivity index (χ0) is 33.6. The van der Waals surface area contributed by atoms with E-state index in [1.54, 1.807) is 36.6 Å². The van der Waals surface area contributed by atoms with Crippen LogP contribution in [0.2, 0.25) is 0 Å². The summed E-state index contributed by atoms with van der Waals surface area (Å²) in [6, 6.07) is 13.5. The summed E-state index contributed by atoms with van der Waals surface area (Å²) in [6.45, 7) is 6.33. The average Bonchev–Trinajstić information content (AvgIpc) is 3.60. The quantitative estimate of drug-likeness (QED) is 0.278. The molecular weight excluding hydrogens is 622 g/mol. The first kappa shape index (κ1) is 33.7. The molecule has 2 aromatic carbocycles. The van der Waals surface area contributed by atoms with Crippen LogP contribution < -0.4 is 20.9 Å². The Hall–Kier alpha value is -4.62. The van der Waals surface area contributed by atoms with Gasteiger partial charge in [-0.05, 0) is 112 Å².